The molecule has 1 amide bonds. The summed E-state index contributed by atoms with van der Waals surface area (Å²) in [6.07, 6.45) is 0. The fourth-order valence-electron chi connectivity index (χ4n) is 3.22. The number of halogens is 2. The molecule has 7 nitrogen and oxygen atoms in total. The zero-order chi connectivity index (χ0) is 21.7. The van der Waals surface area contributed by atoms with Crippen molar-refractivity contribution in [3.63, 3.8) is 0 Å². The van der Waals surface area contributed by atoms with E-state index in [1.165, 1.54) is 34.5 Å². The molecule has 1 heterocycles. The maximum atomic E-state index is 12.8. The molecule has 10 heteroatoms. The molecule has 30 heavy (non-hydrogen) atoms. The second-order valence-corrected chi connectivity index (χ2v) is 8.65. The third kappa shape index (κ3) is 5.25. The number of nitrogens with zero attached hydrogens (tertiary/aromatic N) is 2. The zero-order valence-corrected chi connectivity index (χ0v) is 17.1. The highest BCUT2D eigenvalue weighted by Gasteiger charge is 2.29. The molecule has 1 saturated heterocycles. The predicted molar refractivity (Wildman–Crippen MR) is 106 cm³/mol. The second-order valence-electron chi connectivity index (χ2n) is 6.68. The Balaban J connectivity index is 1.64. The van der Waals surface area contributed by atoms with E-state index in [2.05, 4.69) is 4.74 Å². The van der Waals surface area contributed by atoms with E-state index in [0.717, 1.165) is 0 Å². The van der Waals surface area contributed by atoms with E-state index < -0.39 is 16.6 Å². The van der Waals surface area contributed by atoms with E-state index >= 15 is 0 Å². The van der Waals surface area contributed by atoms with E-state index in [1.54, 1.807) is 24.3 Å². The summed E-state index contributed by atoms with van der Waals surface area (Å²) < 4.78 is 60.9. The summed E-state index contributed by atoms with van der Waals surface area (Å²) in [6.45, 7) is -2.18. The molecule has 0 aliphatic carbocycles. The van der Waals surface area contributed by atoms with Gasteiger partial charge in [0.05, 0.1) is 12.9 Å². The molecule has 0 bridgehead atoms. The molecular formula is C20H22F2N2O5S. The number of amides is 1. The SMILES string of the molecule is COc1cc(C(=O)N2CCN(S(=O)(=O)Cc3ccccc3)CC2)ccc1OC(F)F. The summed E-state index contributed by atoms with van der Waals surface area (Å²) in [4.78, 5) is 14.3. The first kappa shape index (κ1) is 22.0. The summed E-state index contributed by atoms with van der Waals surface area (Å²) in [5.41, 5.74) is 0.947. The van der Waals surface area contributed by atoms with Crippen LogP contribution in [0.2, 0.25) is 0 Å². The van der Waals surface area contributed by atoms with Crippen molar-refractivity contribution in [3.8, 4) is 11.5 Å². The number of ether oxygens (including phenoxy) is 2. The third-order valence-electron chi connectivity index (χ3n) is 4.74. The number of rotatable bonds is 7. The lowest BCUT2D eigenvalue weighted by Crippen LogP contribution is -2.50. The Kier molecular flexibility index (Phi) is 6.88. The highest BCUT2D eigenvalue weighted by Crippen LogP contribution is 2.30. The van der Waals surface area contributed by atoms with Crippen LogP contribution in [0.5, 0.6) is 11.5 Å². The molecule has 2 aromatic rings. The Labute approximate surface area is 173 Å². The first-order chi connectivity index (χ1) is 14.3. The number of carbonyl (C=O) groups is 1. The van der Waals surface area contributed by atoms with Crippen molar-refractivity contribution in [1.29, 1.82) is 0 Å². The van der Waals surface area contributed by atoms with Gasteiger partial charge < -0.3 is 14.4 Å². The van der Waals surface area contributed by atoms with Crippen molar-refractivity contribution >= 4 is 15.9 Å². The normalized spacial score (nSPS) is 15.3. The highest BCUT2D eigenvalue weighted by molar-refractivity contribution is 7.88. The Hall–Kier alpha value is -2.72. The first-order valence-electron chi connectivity index (χ1n) is 9.24. The molecule has 0 saturated carbocycles. The monoisotopic (exact) mass is 440 g/mol. The number of piperazine rings is 1. The molecule has 0 atom stereocenters. The van der Waals surface area contributed by atoms with Crippen LogP contribution in [0.1, 0.15) is 15.9 Å². The van der Waals surface area contributed by atoms with Crippen LogP contribution in [0.3, 0.4) is 0 Å². The van der Waals surface area contributed by atoms with Gasteiger partial charge in [-0.15, -0.1) is 0 Å². The molecule has 2 aromatic carbocycles. The lowest BCUT2D eigenvalue weighted by molar-refractivity contribution is -0.0512. The average molecular weight is 440 g/mol. The lowest BCUT2D eigenvalue weighted by Gasteiger charge is -2.34. The fraction of sp³-hybridized carbons (Fsp3) is 0.350. The first-order valence-corrected chi connectivity index (χ1v) is 10.8. The van der Waals surface area contributed by atoms with Crippen molar-refractivity contribution in [1.82, 2.24) is 9.21 Å². The topological polar surface area (TPSA) is 76.2 Å². The number of hydrogen-bond donors (Lipinski definition) is 0. The molecular weight excluding hydrogens is 418 g/mol. The van der Waals surface area contributed by atoms with Gasteiger partial charge in [0, 0.05) is 31.7 Å². The van der Waals surface area contributed by atoms with Gasteiger partial charge in [0.15, 0.2) is 11.5 Å². The Bertz CT molecular complexity index is 978. The van der Waals surface area contributed by atoms with Crippen LogP contribution >= 0.6 is 0 Å². The standard InChI is InChI=1S/C20H22F2N2O5S/c1-28-18-13-16(7-8-17(18)29-20(21)22)19(25)23-9-11-24(12-10-23)30(26,27)14-15-5-3-2-4-6-15/h2-8,13,20H,9-12,14H2,1H3. The van der Waals surface area contributed by atoms with E-state index in [4.69, 9.17) is 4.74 Å². The smallest absolute Gasteiger partial charge is 0.387 e. The highest BCUT2D eigenvalue weighted by atomic mass is 32.2. The number of hydrogen-bond acceptors (Lipinski definition) is 5. The molecule has 1 aliphatic heterocycles. The fourth-order valence-corrected chi connectivity index (χ4v) is 4.74. The molecule has 3 rings (SSSR count). The van der Waals surface area contributed by atoms with Crippen molar-refractivity contribution in [3.05, 3.63) is 59.7 Å². The molecule has 0 spiro atoms. The number of carbonyl (C=O) groups excluding carboxylic acids is 1. The molecule has 1 fully saturated rings. The quantitative estimate of drug-likeness (QED) is 0.662. The van der Waals surface area contributed by atoms with E-state index in [9.17, 15) is 22.0 Å². The Morgan fingerprint density at radius 2 is 1.70 bits per heavy atom. The number of benzene rings is 2. The minimum Gasteiger partial charge on any atom is -0.493 e. The van der Waals surface area contributed by atoms with Gasteiger partial charge in [0.25, 0.3) is 5.91 Å². The van der Waals surface area contributed by atoms with Crippen LogP contribution in [0.4, 0.5) is 8.78 Å². The minimum atomic E-state index is -3.49. The average Bonchev–Trinajstić information content (AvgIpc) is 2.73. The summed E-state index contributed by atoms with van der Waals surface area (Å²) >= 11 is 0. The summed E-state index contributed by atoms with van der Waals surface area (Å²) in [6, 6.07) is 12.9. The summed E-state index contributed by atoms with van der Waals surface area (Å²) in [7, 11) is -2.20. The van der Waals surface area contributed by atoms with Crippen molar-refractivity contribution in [2.45, 2.75) is 12.4 Å². The molecule has 162 valence electrons. The second kappa shape index (κ2) is 9.40. The summed E-state index contributed by atoms with van der Waals surface area (Å²) in [5, 5.41) is 0. The van der Waals surface area contributed by atoms with Crippen molar-refractivity contribution < 1.29 is 31.5 Å². The molecule has 0 N–H and O–H groups in total. The largest absolute Gasteiger partial charge is 0.493 e. The van der Waals surface area contributed by atoms with Crippen LogP contribution in [-0.4, -0.2) is 63.4 Å². The van der Waals surface area contributed by atoms with Crippen molar-refractivity contribution in [2.24, 2.45) is 0 Å². The third-order valence-corrected chi connectivity index (χ3v) is 6.59. The number of alkyl halides is 2. The van der Waals surface area contributed by atoms with Gasteiger partial charge in [-0.05, 0) is 23.8 Å². The van der Waals surface area contributed by atoms with Crippen LogP contribution in [-0.2, 0) is 15.8 Å². The van der Waals surface area contributed by atoms with E-state index in [1.807, 2.05) is 6.07 Å². The minimum absolute atomic E-state index is 0.0187. The van der Waals surface area contributed by atoms with Crippen LogP contribution in [0.15, 0.2) is 48.5 Å². The number of sulfonamides is 1. The lowest BCUT2D eigenvalue weighted by atomic mass is 10.1. The van der Waals surface area contributed by atoms with Gasteiger partial charge in [-0.2, -0.15) is 13.1 Å². The van der Waals surface area contributed by atoms with Crippen LogP contribution < -0.4 is 9.47 Å². The molecule has 1 aliphatic rings. The molecule has 0 unspecified atom stereocenters. The van der Waals surface area contributed by atoms with E-state index in [-0.39, 0.29) is 54.9 Å². The molecule has 0 radical (unpaired) electrons. The summed E-state index contributed by atoms with van der Waals surface area (Å²) in [5.74, 6) is -0.576. The van der Waals surface area contributed by atoms with Gasteiger partial charge in [0.1, 0.15) is 0 Å². The van der Waals surface area contributed by atoms with Crippen LogP contribution in [0, 0.1) is 0 Å². The van der Waals surface area contributed by atoms with Gasteiger partial charge >= 0.3 is 6.61 Å². The molecule has 0 aromatic heterocycles. The van der Waals surface area contributed by atoms with E-state index in [0.29, 0.717) is 5.56 Å². The van der Waals surface area contributed by atoms with Gasteiger partial charge in [0.2, 0.25) is 10.0 Å². The zero-order valence-electron chi connectivity index (χ0n) is 16.3. The van der Waals surface area contributed by atoms with Crippen LogP contribution in [0.25, 0.3) is 0 Å². The Morgan fingerprint density at radius 3 is 2.30 bits per heavy atom. The maximum absolute atomic E-state index is 12.8. The maximum Gasteiger partial charge on any atom is 0.387 e. The van der Waals surface area contributed by atoms with Gasteiger partial charge in [-0.25, -0.2) is 8.42 Å². The number of methoxy groups -OCH3 is 1. The van der Waals surface area contributed by atoms with Crippen molar-refractivity contribution in [2.75, 3.05) is 33.3 Å². The van der Waals surface area contributed by atoms with Gasteiger partial charge in [-0.3, -0.25) is 4.79 Å². The van der Waals surface area contributed by atoms with Gasteiger partial charge in [-0.1, -0.05) is 30.3 Å². The predicted octanol–water partition coefficient (Wildman–Crippen LogP) is 2.58. The Morgan fingerprint density at radius 1 is 1.03 bits per heavy atom.